The summed E-state index contributed by atoms with van der Waals surface area (Å²) in [6.45, 7) is 0. The molecule has 0 spiro atoms. The van der Waals surface area contributed by atoms with Gasteiger partial charge in [0.25, 0.3) is 0 Å². The number of nitrogen functional groups attached to an aromatic ring is 1. The number of hydrogen-bond donors (Lipinski definition) is 2. The fourth-order valence-corrected chi connectivity index (χ4v) is 2.39. The van der Waals surface area contributed by atoms with Gasteiger partial charge in [-0.15, -0.1) is 0 Å². The van der Waals surface area contributed by atoms with Crippen molar-refractivity contribution in [2.24, 2.45) is 0 Å². The van der Waals surface area contributed by atoms with Gasteiger partial charge in [0.1, 0.15) is 10.0 Å². The second-order valence-corrected chi connectivity index (χ2v) is 4.71. The van der Waals surface area contributed by atoms with Gasteiger partial charge in [0.15, 0.2) is 11.4 Å². The highest BCUT2D eigenvalue weighted by molar-refractivity contribution is 7.19. The number of carboxylic acids is 1. The molecule has 3 N–H and O–H groups in total. The van der Waals surface area contributed by atoms with Crippen LogP contribution in [0.25, 0.3) is 10.6 Å². The number of aromatic nitrogens is 1. The number of benzene rings is 1. The molecule has 104 valence electrons. The molecular weight excluding hydrogens is 286 g/mol. The average molecular weight is 295 g/mol. The van der Waals surface area contributed by atoms with Crippen LogP contribution < -0.4 is 10.5 Å². The lowest BCUT2D eigenvalue weighted by molar-refractivity contribution is -0.385. The summed E-state index contributed by atoms with van der Waals surface area (Å²) in [4.78, 5) is 25.0. The molecule has 1 heterocycles. The summed E-state index contributed by atoms with van der Waals surface area (Å²) < 4.78 is 4.94. The third kappa shape index (κ3) is 2.38. The highest BCUT2D eigenvalue weighted by Gasteiger charge is 2.19. The molecule has 2 aromatic rings. The molecule has 0 saturated heterocycles. The number of nitrogens with zero attached hydrogens (tertiary/aromatic N) is 2. The van der Waals surface area contributed by atoms with E-state index < -0.39 is 10.9 Å². The lowest BCUT2D eigenvalue weighted by Gasteiger charge is -2.03. The van der Waals surface area contributed by atoms with Crippen LogP contribution in [0.5, 0.6) is 5.75 Å². The minimum absolute atomic E-state index is 0.0677. The zero-order valence-electron chi connectivity index (χ0n) is 10.2. The van der Waals surface area contributed by atoms with Gasteiger partial charge in [0, 0.05) is 11.6 Å². The Morgan fingerprint density at radius 2 is 2.25 bits per heavy atom. The molecular formula is C11H9N3O5S. The van der Waals surface area contributed by atoms with E-state index in [4.69, 9.17) is 15.6 Å². The summed E-state index contributed by atoms with van der Waals surface area (Å²) >= 11 is 0.990. The van der Waals surface area contributed by atoms with Crippen molar-refractivity contribution in [3.63, 3.8) is 0 Å². The molecule has 0 unspecified atom stereocenters. The van der Waals surface area contributed by atoms with Crippen LogP contribution in [0.4, 0.5) is 10.7 Å². The number of thiazole rings is 1. The van der Waals surface area contributed by atoms with E-state index in [0.29, 0.717) is 10.6 Å². The Hall–Kier alpha value is -2.68. The normalized spacial score (nSPS) is 10.2. The van der Waals surface area contributed by atoms with Crippen molar-refractivity contribution in [2.75, 3.05) is 12.8 Å². The fourth-order valence-electron chi connectivity index (χ4n) is 1.57. The topological polar surface area (TPSA) is 129 Å². The summed E-state index contributed by atoms with van der Waals surface area (Å²) in [5.41, 5.74) is 5.65. The molecule has 8 nitrogen and oxygen atoms in total. The molecule has 20 heavy (non-hydrogen) atoms. The van der Waals surface area contributed by atoms with Gasteiger partial charge in [-0.05, 0) is 12.1 Å². The monoisotopic (exact) mass is 295 g/mol. The van der Waals surface area contributed by atoms with Crippen LogP contribution >= 0.6 is 11.3 Å². The van der Waals surface area contributed by atoms with E-state index in [1.54, 1.807) is 0 Å². The smallest absolute Gasteiger partial charge is 0.357 e. The van der Waals surface area contributed by atoms with E-state index in [0.717, 1.165) is 11.3 Å². The molecule has 9 heteroatoms. The Morgan fingerprint density at radius 3 is 2.75 bits per heavy atom. The molecule has 0 aliphatic carbocycles. The van der Waals surface area contributed by atoms with Crippen LogP contribution in [-0.2, 0) is 0 Å². The van der Waals surface area contributed by atoms with Gasteiger partial charge in [0.2, 0.25) is 0 Å². The van der Waals surface area contributed by atoms with Gasteiger partial charge in [0.05, 0.1) is 12.0 Å². The number of anilines is 1. The number of nitro benzene ring substituents is 1. The fraction of sp³-hybridized carbons (Fsp3) is 0.0909. The first-order chi connectivity index (χ1) is 9.43. The lowest BCUT2D eigenvalue weighted by Crippen LogP contribution is -2.00. The lowest BCUT2D eigenvalue weighted by atomic mass is 10.2. The Balaban J connectivity index is 2.51. The van der Waals surface area contributed by atoms with Crippen LogP contribution in [-0.4, -0.2) is 28.1 Å². The third-order valence-corrected chi connectivity index (χ3v) is 3.41. The largest absolute Gasteiger partial charge is 0.490 e. The van der Waals surface area contributed by atoms with Crippen molar-refractivity contribution < 1.29 is 19.6 Å². The van der Waals surface area contributed by atoms with Crippen LogP contribution in [0.15, 0.2) is 18.2 Å². The Morgan fingerprint density at radius 1 is 1.55 bits per heavy atom. The zero-order valence-corrected chi connectivity index (χ0v) is 11.0. The molecule has 0 radical (unpaired) electrons. The van der Waals surface area contributed by atoms with Crippen molar-refractivity contribution in [3.05, 3.63) is 34.0 Å². The SMILES string of the molecule is COc1cc(-c2nc(C(=O)O)c(N)s2)ccc1[N+](=O)[O-]. The summed E-state index contributed by atoms with van der Waals surface area (Å²) in [6, 6.07) is 4.15. The van der Waals surface area contributed by atoms with Crippen molar-refractivity contribution in [1.29, 1.82) is 0 Å². The second-order valence-electron chi connectivity index (χ2n) is 3.68. The van der Waals surface area contributed by atoms with E-state index in [2.05, 4.69) is 4.98 Å². The minimum atomic E-state index is -1.22. The maximum absolute atomic E-state index is 10.9. The quantitative estimate of drug-likeness (QED) is 0.651. The van der Waals surface area contributed by atoms with Gasteiger partial charge >= 0.3 is 11.7 Å². The molecule has 0 bridgehead atoms. The number of ether oxygens (including phenoxy) is 1. The van der Waals surface area contributed by atoms with Crippen molar-refractivity contribution >= 4 is 28.0 Å². The van der Waals surface area contributed by atoms with Crippen molar-refractivity contribution in [2.45, 2.75) is 0 Å². The second kappa shape index (κ2) is 5.13. The van der Waals surface area contributed by atoms with Gasteiger partial charge in [-0.2, -0.15) is 0 Å². The number of nitrogens with two attached hydrogens (primary N) is 1. The molecule has 0 atom stereocenters. The Kier molecular flexibility index (Phi) is 3.53. The first-order valence-electron chi connectivity index (χ1n) is 5.26. The number of carboxylic acid groups (broad SMARTS) is 1. The molecule has 0 saturated carbocycles. The maximum atomic E-state index is 10.9. The van der Waals surface area contributed by atoms with Gasteiger partial charge in [-0.3, -0.25) is 10.1 Å². The molecule has 0 amide bonds. The van der Waals surface area contributed by atoms with Crippen LogP contribution in [0.3, 0.4) is 0 Å². The predicted molar refractivity (Wildman–Crippen MR) is 72.1 cm³/mol. The summed E-state index contributed by atoms with van der Waals surface area (Å²) in [6.07, 6.45) is 0. The van der Waals surface area contributed by atoms with E-state index in [-0.39, 0.29) is 22.1 Å². The minimum Gasteiger partial charge on any atom is -0.490 e. The van der Waals surface area contributed by atoms with Gasteiger partial charge < -0.3 is 15.6 Å². The van der Waals surface area contributed by atoms with Gasteiger partial charge in [-0.25, -0.2) is 9.78 Å². The number of methoxy groups -OCH3 is 1. The molecule has 0 aliphatic rings. The first kappa shape index (κ1) is 13.7. The highest BCUT2D eigenvalue weighted by atomic mass is 32.1. The number of nitro groups is 1. The summed E-state index contributed by atoms with van der Waals surface area (Å²) in [7, 11) is 1.31. The molecule has 2 rings (SSSR count). The Labute approximate surface area is 116 Å². The Bertz CT molecular complexity index is 697. The molecule has 1 aromatic carbocycles. The van der Waals surface area contributed by atoms with Crippen molar-refractivity contribution in [3.8, 4) is 16.3 Å². The zero-order chi connectivity index (χ0) is 14.9. The van der Waals surface area contributed by atoms with Gasteiger partial charge in [-0.1, -0.05) is 11.3 Å². The average Bonchev–Trinajstić information content (AvgIpc) is 2.80. The molecule has 1 aromatic heterocycles. The molecule has 0 aliphatic heterocycles. The van der Waals surface area contributed by atoms with E-state index in [9.17, 15) is 14.9 Å². The summed E-state index contributed by atoms with van der Waals surface area (Å²) in [5, 5.41) is 20.1. The van der Waals surface area contributed by atoms with E-state index in [1.807, 2.05) is 0 Å². The number of carbonyl (C=O) groups is 1. The standard InChI is InChI=1S/C11H9N3O5S/c1-19-7-4-5(2-3-6(7)14(17)18)10-13-8(11(15)16)9(12)20-10/h2-4H,12H2,1H3,(H,15,16). The van der Waals surface area contributed by atoms with E-state index >= 15 is 0 Å². The summed E-state index contributed by atoms with van der Waals surface area (Å²) in [5.74, 6) is -1.16. The van der Waals surface area contributed by atoms with Crippen molar-refractivity contribution in [1.82, 2.24) is 4.98 Å². The number of aromatic carboxylic acids is 1. The predicted octanol–water partition coefficient (Wildman–Crippen LogP) is 2.01. The first-order valence-corrected chi connectivity index (χ1v) is 6.08. The highest BCUT2D eigenvalue weighted by Crippen LogP contribution is 2.35. The molecule has 0 fully saturated rings. The third-order valence-electron chi connectivity index (χ3n) is 2.48. The number of rotatable bonds is 4. The maximum Gasteiger partial charge on any atom is 0.357 e. The van der Waals surface area contributed by atoms with Crippen LogP contribution in [0.2, 0.25) is 0 Å². The van der Waals surface area contributed by atoms with Crippen LogP contribution in [0, 0.1) is 10.1 Å². The van der Waals surface area contributed by atoms with E-state index in [1.165, 1.54) is 25.3 Å². The van der Waals surface area contributed by atoms with Crippen LogP contribution in [0.1, 0.15) is 10.5 Å². The number of hydrogen-bond acceptors (Lipinski definition) is 7.